The second kappa shape index (κ2) is 6.61. The highest BCUT2D eigenvalue weighted by Gasteiger charge is 2.36. The van der Waals surface area contributed by atoms with E-state index in [1.807, 2.05) is 0 Å². The number of para-hydroxylation sites is 1. The van der Waals surface area contributed by atoms with Crippen molar-refractivity contribution in [3.63, 3.8) is 0 Å². The number of rotatable bonds is 5. The number of aromatic nitrogens is 3. The van der Waals surface area contributed by atoms with Crippen molar-refractivity contribution in [1.29, 1.82) is 5.26 Å². The summed E-state index contributed by atoms with van der Waals surface area (Å²) in [5.74, 6) is 0.490. The summed E-state index contributed by atoms with van der Waals surface area (Å²) in [5.41, 5.74) is 1.06. The molecule has 24 heavy (non-hydrogen) atoms. The molecule has 1 heterocycles. The monoisotopic (exact) mass is 346 g/mol. The van der Waals surface area contributed by atoms with Gasteiger partial charge in [-0.15, -0.1) is 5.10 Å². The van der Waals surface area contributed by atoms with Crippen molar-refractivity contribution < 1.29 is 13.2 Å². The van der Waals surface area contributed by atoms with E-state index in [1.165, 1.54) is 6.26 Å². The first-order chi connectivity index (χ1) is 11.5. The maximum absolute atomic E-state index is 11.9. The van der Waals surface area contributed by atoms with Crippen molar-refractivity contribution in [1.82, 2.24) is 15.0 Å². The lowest BCUT2D eigenvalue weighted by atomic mass is 10.2. The summed E-state index contributed by atoms with van der Waals surface area (Å²) in [5, 5.41) is 16.8. The van der Waals surface area contributed by atoms with E-state index in [-0.39, 0.29) is 12.6 Å². The zero-order valence-corrected chi connectivity index (χ0v) is 14.1. The van der Waals surface area contributed by atoms with Gasteiger partial charge in [0.1, 0.15) is 24.1 Å². The molecule has 1 aromatic heterocycles. The topological polar surface area (TPSA) is 97.9 Å². The highest BCUT2D eigenvalue weighted by atomic mass is 32.2. The molecule has 1 aromatic carbocycles. The van der Waals surface area contributed by atoms with Gasteiger partial charge in [-0.05, 0) is 31.4 Å². The zero-order valence-electron chi connectivity index (χ0n) is 13.3. The van der Waals surface area contributed by atoms with Crippen LogP contribution < -0.4 is 4.74 Å². The quantitative estimate of drug-likeness (QED) is 0.819. The fourth-order valence-corrected chi connectivity index (χ4v) is 4.51. The third-order valence-corrected chi connectivity index (χ3v) is 5.90. The van der Waals surface area contributed by atoms with Gasteiger partial charge in [-0.25, -0.2) is 13.1 Å². The van der Waals surface area contributed by atoms with Crippen molar-refractivity contribution in [3.8, 4) is 11.8 Å². The van der Waals surface area contributed by atoms with Gasteiger partial charge in [0, 0.05) is 6.26 Å². The first-order valence-electron chi connectivity index (χ1n) is 7.70. The molecule has 0 bridgehead atoms. The average molecular weight is 346 g/mol. The summed E-state index contributed by atoms with van der Waals surface area (Å²) in [4.78, 5) is 0. The predicted molar refractivity (Wildman–Crippen MR) is 87.0 cm³/mol. The summed E-state index contributed by atoms with van der Waals surface area (Å²) in [6.07, 6.45) is 5.30. The number of sulfone groups is 1. The van der Waals surface area contributed by atoms with E-state index in [9.17, 15) is 8.42 Å². The van der Waals surface area contributed by atoms with Crippen LogP contribution in [0.3, 0.4) is 0 Å². The molecule has 0 spiro atoms. The Morgan fingerprint density at radius 3 is 2.92 bits per heavy atom. The predicted octanol–water partition coefficient (Wildman–Crippen LogP) is 1.87. The summed E-state index contributed by atoms with van der Waals surface area (Å²) < 4.78 is 31.0. The molecule has 3 rings (SSSR count). The molecule has 1 aliphatic carbocycles. The first-order valence-corrected chi connectivity index (χ1v) is 9.66. The molecule has 2 aromatic rings. The van der Waals surface area contributed by atoms with Gasteiger partial charge in [0.15, 0.2) is 9.84 Å². The largest absolute Gasteiger partial charge is 0.486 e. The van der Waals surface area contributed by atoms with Crippen LogP contribution in [0.15, 0.2) is 30.5 Å². The average Bonchev–Trinajstić information content (AvgIpc) is 3.21. The van der Waals surface area contributed by atoms with Crippen LogP contribution in [0, 0.1) is 11.3 Å². The minimum Gasteiger partial charge on any atom is -0.486 e. The van der Waals surface area contributed by atoms with E-state index in [4.69, 9.17) is 10.00 Å². The van der Waals surface area contributed by atoms with Crippen LogP contribution in [0.25, 0.3) is 0 Å². The molecule has 126 valence electrons. The van der Waals surface area contributed by atoms with Crippen molar-refractivity contribution in [3.05, 3.63) is 41.7 Å². The number of ether oxygens (including phenoxy) is 1. The molecule has 8 heteroatoms. The van der Waals surface area contributed by atoms with Gasteiger partial charge in [0.2, 0.25) is 0 Å². The summed E-state index contributed by atoms with van der Waals surface area (Å²) in [7, 11) is -3.11. The van der Waals surface area contributed by atoms with Crippen molar-refractivity contribution in [2.24, 2.45) is 0 Å². The fraction of sp³-hybridized carbons (Fsp3) is 0.438. The molecule has 1 fully saturated rings. The van der Waals surface area contributed by atoms with Crippen LogP contribution in [0.4, 0.5) is 0 Å². The molecule has 0 amide bonds. The number of hydrogen-bond acceptors (Lipinski definition) is 6. The molecule has 7 nitrogen and oxygen atoms in total. The molecule has 0 aliphatic heterocycles. The van der Waals surface area contributed by atoms with Gasteiger partial charge in [0.25, 0.3) is 0 Å². The third-order valence-electron chi connectivity index (χ3n) is 4.25. The number of hydrogen-bond donors (Lipinski definition) is 0. The first kappa shape index (κ1) is 16.5. The molecule has 0 radical (unpaired) electrons. The molecule has 1 aliphatic rings. The highest BCUT2D eigenvalue weighted by Crippen LogP contribution is 2.34. The van der Waals surface area contributed by atoms with E-state index < -0.39 is 15.1 Å². The zero-order chi connectivity index (χ0) is 17.2. The van der Waals surface area contributed by atoms with Crippen LogP contribution >= 0.6 is 0 Å². The fourth-order valence-electron chi connectivity index (χ4n) is 3.09. The lowest BCUT2D eigenvalue weighted by Gasteiger charge is -2.17. The molecule has 2 atom stereocenters. The van der Waals surface area contributed by atoms with Crippen molar-refractivity contribution >= 4 is 9.84 Å². The smallest absolute Gasteiger partial charge is 0.152 e. The van der Waals surface area contributed by atoms with Gasteiger partial charge in [-0.1, -0.05) is 17.3 Å². The second-order valence-corrected chi connectivity index (χ2v) is 8.22. The maximum Gasteiger partial charge on any atom is 0.152 e. The lowest BCUT2D eigenvalue weighted by Crippen LogP contribution is -2.27. The van der Waals surface area contributed by atoms with Gasteiger partial charge >= 0.3 is 0 Å². The van der Waals surface area contributed by atoms with E-state index in [1.54, 1.807) is 35.1 Å². The SMILES string of the molecule is CS(=O)(=O)[C@@H]1CCC[C@H]1n1cc(COc2ccccc2C#N)nn1. The van der Waals surface area contributed by atoms with Gasteiger partial charge in [-0.2, -0.15) is 5.26 Å². The summed E-state index contributed by atoms with van der Waals surface area (Å²) >= 11 is 0. The second-order valence-electron chi connectivity index (χ2n) is 5.95. The molecular formula is C16H18N4O3S. The van der Waals surface area contributed by atoms with Crippen molar-refractivity contribution in [2.75, 3.05) is 6.26 Å². The normalized spacial score (nSPS) is 20.7. The Balaban J connectivity index is 1.71. The van der Waals surface area contributed by atoms with Crippen LogP contribution in [-0.4, -0.2) is 34.9 Å². The van der Waals surface area contributed by atoms with E-state index in [2.05, 4.69) is 16.4 Å². The molecule has 0 N–H and O–H groups in total. The summed E-state index contributed by atoms with van der Waals surface area (Å²) in [6.45, 7) is 0.176. The molecule has 1 saturated carbocycles. The van der Waals surface area contributed by atoms with Gasteiger partial charge in [0.05, 0.1) is 23.1 Å². The van der Waals surface area contributed by atoms with Crippen LogP contribution in [0.5, 0.6) is 5.75 Å². The molecule has 0 unspecified atom stereocenters. The molecular weight excluding hydrogens is 328 g/mol. The highest BCUT2D eigenvalue weighted by molar-refractivity contribution is 7.91. The Morgan fingerprint density at radius 1 is 1.38 bits per heavy atom. The van der Waals surface area contributed by atoms with E-state index in [0.29, 0.717) is 23.4 Å². The molecule has 0 saturated heterocycles. The Bertz CT molecular complexity index is 869. The Kier molecular flexibility index (Phi) is 4.53. The van der Waals surface area contributed by atoms with Crippen LogP contribution in [0.2, 0.25) is 0 Å². The number of nitrogens with zero attached hydrogens (tertiary/aromatic N) is 4. The Morgan fingerprint density at radius 2 is 2.17 bits per heavy atom. The summed E-state index contributed by atoms with van der Waals surface area (Å²) in [6, 6.07) is 8.87. The Hall–Kier alpha value is -2.40. The lowest BCUT2D eigenvalue weighted by molar-refractivity contribution is 0.300. The standard InChI is InChI=1S/C16H18N4O3S/c1-24(21,22)16-8-4-6-14(16)20-10-13(18-19-20)11-23-15-7-3-2-5-12(15)9-17/h2-3,5,7,10,14,16H,4,6,8,11H2,1H3/t14-,16-/m1/s1. The van der Waals surface area contributed by atoms with E-state index >= 15 is 0 Å². The minimum absolute atomic E-state index is 0.173. The maximum atomic E-state index is 11.9. The van der Waals surface area contributed by atoms with Crippen LogP contribution in [-0.2, 0) is 16.4 Å². The van der Waals surface area contributed by atoms with Gasteiger partial charge in [-0.3, -0.25) is 0 Å². The number of benzene rings is 1. The third kappa shape index (κ3) is 3.41. The minimum atomic E-state index is -3.11. The number of nitriles is 1. The van der Waals surface area contributed by atoms with E-state index in [0.717, 1.165) is 12.8 Å². The van der Waals surface area contributed by atoms with Gasteiger partial charge < -0.3 is 4.74 Å². The van der Waals surface area contributed by atoms with Crippen molar-refractivity contribution in [2.45, 2.75) is 37.2 Å². The van der Waals surface area contributed by atoms with Crippen LogP contribution in [0.1, 0.15) is 36.6 Å². The Labute approximate surface area is 140 Å².